The maximum atomic E-state index is 9.34. The highest BCUT2D eigenvalue weighted by molar-refractivity contribution is 5.29. The molecule has 1 aromatic rings. The van der Waals surface area contributed by atoms with Crippen LogP contribution in [0.15, 0.2) is 18.5 Å². The van der Waals surface area contributed by atoms with Gasteiger partial charge in [-0.25, -0.2) is 0 Å². The van der Waals surface area contributed by atoms with Crippen LogP contribution in [0.4, 0.5) is 0 Å². The highest BCUT2D eigenvalue weighted by Gasteiger charge is 2.23. The third-order valence-corrected chi connectivity index (χ3v) is 3.25. The molecule has 0 N–H and O–H groups in total. The van der Waals surface area contributed by atoms with Gasteiger partial charge in [0.05, 0.1) is 6.07 Å². The standard InChI is InChI=1S/C13H17N3/c1-11-5-6-15-10-12(11)13(9-14)16-7-3-2-4-8-16/h5-6,10,13H,2-4,7-8H2,1H3. The summed E-state index contributed by atoms with van der Waals surface area (Å²) in [6, 6.07) is 4.27. The lowest BCUT2D eigenvalue weighted by atomic mass is 10.0. The molecule has 1 aromatic heterocycles. The molecule has 1 saturated heterocycles. The van der Waals surface area contributed by atoms with Gasteiger partial charge in [-0.15, -0.1) is 0 Å². The molecule has 0 bridgehead atoms. The van der Waals surface area contributed by atoms with Crippen LogP contribution >= 0.6 is 0 Å². The fourth-order valence-electron chi connectivity index (χ4n) is 2.29. The number of aryl methyl sites for hydroxylation is 1. The van der Waals surface area contributed by atoms with Crippen molar-refractivity contribution in [3.63, 3.8) is 0 Å². The second-order valence-electron chi connectivity index (χ2n) is 4.36. The summed E-state index contributed by atoms with van der Waals surface area (Å²) in [5.74, 6) is 0. The van der Waals surface area contributed by atoms with E-state index in [1.54, 1.807) is 6.20 Å². The highest BCUT2D eigenvalue weighted by Crippen LogP contribution is 2.25. The molecule has 1 atom stereocenters. The predicted octanol–water partition coefficient (Wildman–Crippen LogP) is 2.44. The number of pyridine rings is 1. The van der Waals surface area contributed by atoms with Crippen molar-refractivity contribution in [1.29, 1.82) is 5.26 Å². The molecule has 1 unspecified atom stereocenters. The molecule has 0 amide bonds. The quantitative estimate of drug-likeness (QED) is 0.760. The zero-order chi connectivity index (χ0) is 11.4. The van der Waals surface area contributed by atoms with E-state index in [0.29, 0.717) is 0 Å². The summed E-state index contributed by atoms with van der Waals surface area (Å²) in [4.78, 5) is 6.40. The summed E-state index contributed by atoms with van der Waals surface area (Å²) in [5, 5.41) is 9.34. The number of nitriles is 1. The van der Waals surface area contributed by atoms with Crippen LogP contribution in [0, 0.1) is 18.3 Å². The Balaban J connectivity index is 2.22. The van der Waals surface area contributed by atoms with E-state index in [2.05, 4.69) is 16.0 Å². The molecule has 0 saturated carbocycles. The molecule has 0 spiro atoms. The summed E-state index contributed by atoms with van der Waals surface area (Å²) in [6.07, 6.45) is 7.32. The Hall–Kier alpha value is -1.40. The first-order valence-electron chi connectivity index (χ1n) is 5.87. The normalized spacial score (nSPS) is 19.0. The lowest BCUT2D eigenvalue weighted by Gasteiger charge is -2.31. The fraction of sp³-hybridized carbons (Fsp3) is 0.538. The van der Waals surface area contributed by atoms with Crippen LogP contribution in [-0.4, -0.2) is 23.0 Å². The van der Waals surface area contributed by atoms with Gasteiger partial charge in [0.2, 0.25) is 0 Å². The summed E-state index contributed by atoms with van der Waals surface area (Å²) >= 11 is 0. The van der Waals surface area contributed by atoms with E-state index < -0.39 is 0 Å². The summed E-state index contributed by atoms with van der Waals surface area (Å²) in [5.41, 5.74) is 2.22. The van der Waals surface area contributed by atoms with Gasteiger partial charge in [0, 0.05) is 18.0 Å². The largest absolute Gasteiger partial charge is 0.284 e. The van der Waals surface area contributed by atoms with Gasteiger partial charge in [-0.1, -0.05) is 6.42 Å². The van der Waals surface area contributed by atoms with Crippen LogP contribution in [0.2, 0.25) is 0 Å². The lowest BCUT2D eigenvalue weighted by molar-refractivity contribution is 0.195. The molecule has 1 aliphatic rings. The number of hydrogen-bond donors (Lipinski definition) is 0. The van der Waals surface area contributed by atoms with Crippen LogP contribution in [-0.2, 0) is 0 Å². The minimum absolute atomic E-state index is 0.117. The molecule has 2 heterocycles. The van der Waals surface area contributed by atoms with E-state index in [4.69, 9.17) is 0 Å². The van der Waals surface area contributed by atoms with E-state index in [1.165, 1.54) is 19.3 Å². The van der Waals surface area contributed by atoms with Crippen molar-refractivity contribution in [3.8, 4) is 6.07 Å². The summed E-state index contributed by atoms with van der Waals surface area (Å²) < 4.78 is 0. The summed E-state index contributed by atoms with van der Waals surface area (Å²) in [6.45, 7) is 4.12. The molecule has 84 valence electrons. The smallest absolute Gasteiger partial charge is 0.125 e. The first-order valence-corrected chi connectivity index (χ1v) is 5.87. The van der Waals surface area contributed by atoms with E-state index in [9.17, 15) is 5.26 Å². The number of piperidine rings is 1. The SMILES string of the molecule is Cc1ccncc1C(C#N)N1CCCCC1. The number of aromatic nitrogens is 1. The van der Waals surface area contributed by atoms with Gasteiger partial charge in [0.1, 0.15) is 6.04 Å². The molecule has 3 nitrogen and oxygen atoms in total. The molecule has 0 radical (unpaired) electrons. The third-order valence-electron chi connectivity index (χ3n) is 3.25. The van der Waals surface area contributed by atoms with Crippen molar-refractivity contribution in [3.05, 3.63) is 29.6 Å². The molecular weight excluding hydrogens is 198 g/mol. The highest BCUT2D eigenvalue weighted by atomic mass is 15.2. The Morgan fingerprint density at radius 1 is 1.38 bits per heavy atom. The Morgan fingerprint density at radius 3 is 2.75 bits per heavy atom. The molecule has 2 rings (SSSR count). The second-order valence-corrected chi connectivity index (χ2v) is 4.36. The average Bonchev–Trinajstić information content (AvgIpc) is 2.34. The van der Waals surface area contributed by atoms with E-state index in [1.807, 2.05) is 19.2 Å². The molecular formula is C13H17N3. The minimum Gasteiger partial charge on any atom is -0.284 e. The van der Waals surface area contributed by atoms with Crippen molar-refractivity contribution in [2.24, 2.45) is 0 Å². The number of rotatable bonds is 2. The van der Waals surface area contributed by atoms with Gasteiger partial charge in [0.15, 0.2) is 0 Å². The molecule has 16 heavy (non-hydrogen) atoms. The molecule has 0 aliphatic carbocycles. The second kappa shape index (κ2) is 5.09. The van der Waals surface area contributed by atoms with Crippen molar-refractivity contribution in [2.45, 2.75) is 32.2 Å². The topological polar surface area (TPSA) is 39.9 Å². The Kier molecular flexibility index (Phi) is 3.53. The minimum atomic E-state index is -0.117. The van der Waals surface area contributed by atoms with Crippen molar-refractivity contribution < 1.29 is 0 Å². The average molecular weight is 215 g/mol. The maximum absolute atomic E-state index is 9.34. The van der Waals surface area contributed by atoms with Crippen LogP contribution in [0.3, 0.4) is 0 Å². The first kappa shape index (κ1) is 11.1. The molecule has 0 aromatic carbocycles. The van der Waals surface area contributed by atoms with Gasteiger partial charge in [-0.2, -0.15) is 5.26 Å². The van der Waals surface area contributed by atoms with Crippen molar-refractivity contribution >= 4 is 0 Å². The Bertz CT molecular complexity index is 388. The van der Waals surface area contributed by atoms with Crippen LogP contribution in [0.25, 0.3) is 0 Å². The van der Waals surface area contributed by atoms with Crippen LogP contribution in [0.1, 0.15) is 36.4 Å². The monoisotopic (exact) mass is 215 g/mol. The van der Waals surface area contributed by atoms with Gasteiger partial charge in [-0.3, -0.25) is 9.88 Å². The van der Waals surface area contributed by atoms with Gasteiger partial charge >= 0.3 is 0 Å². The van der Waals surface area contributed by atoms with Gasteiger partial charge < -0.3 is 0 Å². The summed E-state index contributed by atoms with van der Waals surface area (Å²) in [7, 11) is 0. The van der Waals surface area contributed by atoms with Gasteiger partial charge in [0.25, 0.3) is 0 Å². The Labute approximate surface area is 96.7 Å². The lowest BCUT2D eigenvalue weighted by Crippen LogP contribution is -2.33. The maximum Gasteiger partial charge on any atom is 0.125 e. The van der Waals surface area contributed by atoms with Crippen LogP contribution in [0.5, 0.6) is 0 Å². The van der Waals surface area contributed by atoms with Crippen molar-refractivity contribution in [1.82, 2.24) is 9.88 Å². The van der Waals surface area contributed by atoms with E-state index in [-0.39, 0.29) is 6.04 Å². The predicted molar refractivity (Wildman–Crippen MR) is 62.8 cm³/mol. The molecule has 1 aliphatic heterocycles. The number of hydrogen-bond acceptors (Lipinski definition) is 3. The zero-order valence-corrected chi connectivity index (χ0v) is 9.69. The third kappa shape index (κ3) is 2.23. The van der Waals surface area contributed by atoms with Crippen LogP contribution < -0.4 is 0 Å². The fourth-order valence-corrected chi connectivity index (χ4v) is 2.29. The van der Waals surface area contributed by atoms with E-state index >= 15 is 0 Å². The number of likely N-dealkylation sites (tertiary alicyclic amines) is 1. The van der Waals surface area contributed by atoms with E-state index in [0.717, 1.165) is 24.2 Å². The number of nitrogens with zero attached hydrogens (tertiary/aromatic N) is 3. The Morgan fingerprint density at radius 2 is 2.12 bits per heavy atom. The molecule has 3 heteroatoms. The first-order chi connectivity index (χ1) is 7.83. The zero-order valence-electron chi connectivity index (χ0n) is 9.69. The van der Waals surface area contributed by atoms with Gasteiger partial charge in [-0.05, 0) is 44.5 Å². The molecule has 1 fully saturated rings. The van der Waals surface area contributed by atoms with Crippen molar-refractivity contribution in [2.75, 3.05) is 13.1 Å².